The van der Waals surface area contributed by atoms with Crippen LogP contribution in [0.2, 0.25) is 0 Å². The molecule has 3 saturated heterocycles. The van der Waals surface area contributed by atoms with E-state index < -0.39 is 44.6 Å². The number of nitrogens with one attached hydrogen (secondary N) is 1. The van der Waals surface area contributed by atoms with Gasteiger partial charge in [-0.15, -0.1) is 11.8 Å². The first-order chi connectivity index (χ1) is 19.1. The third-order valence-corrected chi connectivity index (χ3v) is 9.69. The molecule has 5 rings (SSSR count). The van der Waals surface area contributed by atoms with E-state index in [0.29, 0.717) is 0 Å². The van der Waals surface area contributed by atoms with Gasteiger partial charge in [0, 0.05) is 11.9 Å². The van der Waals surface area contributed by atoms with Crippen molar-refractivity contribution < 1.29 is 36.8 Å². The van der Waals surface area contributed by atoms with Crippen molar-refractivity contribution in [2.45, 2.75) is 73.4 Å². The van der Waals surface area contributed by atoms with E-state index in [-0.39, 0.29) is 28.9 Å². The van der Waals surface area contributed by atoms with Gasteiger partial charge in [-0.2, -0.15) is 8.42 Å². The van der Waals surface area contributed by atoms with Gasteiger partial charge >= 0.3 is 5.97 Å². The van der Waals surface area contributed by atoms with E-state index >= 15 is 0 Å². The molecule has 3 heterocycles. The minimum atomic E-state index is -4.02. The number of carbonyl (C=O) groups excluding carboxylic acids is 3. The summed E-state index contributed by atoms with van der Waals surface area (Å²) in [6.45, 7) is 9.32. The van der Waals surface area contributed by atoms with Crippen LogP contribution in [0.4, 0.5) is 0 Å². The second-order valence-corrected chi connectivity index (χ2v) is 14.3. The second kappa shape index (κ2) is 11.4. The summed E-state index contributed by atoms with van der Waals surface area (Å²) in [6.07, 6.45) is 0. The Bertz CT molecular complexity index is 1410. The lowest BCUT2D eigenvalue weighted by molar-refractivity contribution is -0.176. The molecule has 222 valence electrons. The van der Waals surface area contributed by atoms with Crippen LogP contribution >= 0.6 is 11.8 Å². The Morgan fingerprint density at radius 2 is 1.63 bits per heavy atom. The maximum Gasteiger partial charge on any atom is 0.332 e. The highest BCUT2D eigenvalue weighted by Gasteiger charge is 2.68. The molecular formula is C28H35N3O8S2. The van der Waals surface area contributed by atoms with Gasteiger partial charge in [0.25, 0.3) is 10.1 Å². The summed E-state index contributed by atoms with van der Waals surface area (Å²) < 4.78 is 39.0. The van der Waals surface area contributed by atoms with Gasteiger partial charge in [-0.25, -0.2) is 4.79 Å². The van der Waals surface area contributed by atoms with E-state index in [4.69, 9.17) is 14.0 Å². The third-order valence-electron chi connectivity index (χ3n) is 7.27. The molecule has 2 aromatic rings. The molecule has 11 nitrogen and oxygen atoms in total. The normalized spacial score (nSPS) is 26.1. The summed E-state index contributed by atoms with van der Waals surface area (Å²) in [6, 6.07) is 13.6. The molecule has 2 N–H and O–H groups in total. The van der Waals surface area contributed by atoms with E-state index in [1.165, 1.54) is 31.0 Å². The Labute approximate surface area is 244 Å². The molecule has 0 aromatic heterocycles. The first-order valence-electron chi connectivity index (χ1n) is 13.0. The average molecular weight is 606 g/mol. The Balaban J connectivity index is 0.000000296. The Hall–Kier alpha value is -2.97. The van der Waals surface area contributed by atoms with Crippen LogP contribution in [0.15, 0.2) is 59.5 Å². The van der Waals surface area contributed by atoms with Crippen molar-refractivity contribution in [1.82, 2.24) is 15.1 Å². The van der Waals surface area contributed by atoms with Crippen LogP contribution in [0.5, 0.6) is 0 Å². The number of carbonyl (C=O) groups is 3. The quantitative estimate of drug-likeness (QED) is 0.218. The number of rotatable bonds is 6. The third kappa shape index (κ3) is 6.00. The lowest BCUT2D eigenvalue weighted by Gasteiger charge is -2.50. The number of nitrogens with zero attached hydrogens (tertiary/aromatic N) is 2. The van der Waals surface area contributed by atoms with Gasteiger partial charge in [-0.3, -0.25) is 19.5 Å². The molecular weight excluding hydrogens is 570 g/mol. The van der Waals surface area contributed by atoms with Crippen molar-refractivity contribution in [3.63, 3.8) is 0 Å². The van der Waals surface area contributed by atoms with Gasteiger partial charge in [0.15, 0.2) is 6.79 Å². The molecule has 0 bridgehead atoms. The van der Waals surface area contributed by atoms with E-state index in [9.17, 15) is 22.8 Å². The van der Waals surface area contributed by atoms with Crippen LogP contribution in [0, 0.1) is 6.92 Å². The fraction of sp³-hybridized carbons (Fsp3) is 0.464. The number of esters is 1. The largest absolute Gasteiger partial charge is 0.437 e. The highest BCUT2D eigenvalue weighted by molar-refractivity contribution is 8.01. The van der Waals surface area contributed by atoms with E-state index in [1.54, 1.807) is 21.9 Å². The predicted octanol–water partition coefficient (Wildman–Crippen LogP) is 2.72. The number of amides is 2. The van der Waals surface area contributed by atoms with Crippen molar-refractivity contribution in [1.29, 1.82) is 0 Å². The first kappa shape index (κ1) is 31.0. The molecule has 41 heavy (non-hydrogen) atoms. The zero-order valence-corrected chi connectivity index (χ0v) is 25.4. The van der Waals surface area contributed by atoms with Gasteiger partial charge in [0.2, 0.25) is 11.8 Å². The van der Waals surface area contributed by atoms with Crippen molar-refractivity contribution in [2.75, 3.05) is 13.9 Å². The highest BCUT2D eigenvalue weighted by atomic mass is 32.2. The summed E-state index contributed by atoms with van der Waals surface area (Å²) in [7, 11) is -2.58. The van der Waals surface area contributed by atoms with Crippen LogP contribution in [0.25, 0.3) is 0 Å². The molecule has 13 heteroatoms. The van der Waals surface area contributed by atoms with Crippen LogP contribution in [0.3, 0.4) is 0 Å². The second-order valence-electron chi connectivity index (χ2n) is 11.1. The number of aryl methyl sites for hydroxylation is 1. The topological polar surface area (TPSA) is 143 Å². The summed E-state index contributed by atoms with van der Waals surface area (Å²) >= 11 is 1.53. The van der Waals surface area contributed by atoms with Gasteiger partial charge in [0.1, 0.15) is 23.5 Å². The summed E-state index contributed by atoms with van der Waals surface area (Å²) in [5.74, 6) is -0.849. The molecule has 2 amide bonds. The molecule has 3 aliphatic heterocycles. The summed E-state index contributed by atoms with van der Waals surface area (Å²) in [5.41, 5.74) is 1.11. The fourth-order valence-electron chi connectivity index (χ4n) is 5.37. The lowest BCUT2D eigenvalue weighted by Crippen LogP contribution is -2.73. The number of β-lactam (4-membered cyclic amide) rings is 1. The Morgan fingerprint density at radius 1 is 1.02 bits per heavy atom. The van der Waals surface area contributed by atoms with Gasteiger partial charge in [-0.05, 0) is 52.3 Å². The van der Waals surface area contributed by atoms with Crippen molar-refractivity contribution in [3.05, 3.63) is 65.7 Å². The molecule has 3 fully saturated rings. The predicted molar refractivity (Wildman–Crippen MR) is 152 cm³/mol. The summed E-state index contributed by atoms with van der Waals surface area (Å²) in [5, 5.41) is 3.07. The minimum absolute atomic E-state index is 0.0666. The maximum absolute atomic E-state index is 13.4. The SMILES string of the molecule is COCOC(=O)[C@@H]1N2C(=O)[C@@H](N3C(=O)[C@@H](c4ccccc4)NC3(C)C)[C@H]2SC1(C)C.Cc1ccc(S(=O)(=O)O)cc1. The Kier molecular flexibility index (Phi) is 8.59. The van der Waals surface area contributed by atoms with Crippen LogP contribution in [-0.2, 0) is 34.0 Å². The molecule has 3 aliphatic rings. The Morgan fingerprint density at radius 3 is 2.20 bits per heavy atom. The van der Waals surface area contributed by atoms with E-state index in [1.807, 2.05) is 65.0 Å². The van der Waals surface area contributed by atoms with Crippen molar-refractivity contribution in [3.8, 4) is 0 Å². The molecule has 0 radical (unpaired) electrons. The monoisotopic (exact) mass is 605 g/mol. The molecule has 0 spiro atoms. The van der Waals surface area contributed by atoms with Crippen LogP contribution in [0.1, 0.15) is 44.9 Å². The summed E-state index contributed by atoms with van der Waals surface area (Å²) in [4.78, 5) is 42.4. The highest BCUT2D eigenvalue weighted by Crippen LogP contribution is 2.54. The van der Waals surface area contributed by atoms with E-state index in [0.717, 1.165) is 11.1 Å². The number of thioether (sulfide) groups is 1. The van der Waals surface area contributed by atoms with Crippen LogP contribution in [-0.4, -0.2) is 82.3 Å². The fourth-order valence-corrected chi connectivity index (χ4v) is 7.52. The maximum atomic E-state index is 13.4. The zero-order valence-electron chi connectivity index (χ0n) is 23.7. The number of fused-ring (bicyclic) bond motifs is 1. The number of hydrogen-bond acceptors (Lipinski definition) is 9. The van der Waals surface area contributed by atoms with Gasteiger partial charge < -0.3 is 19.3 Å². The van der Waals surface area contributed by atoms with Gasteiger partial charge in [-0.1, -0.05) is 48.0 Å². The molecule has 4 atom stereocenters. The van der Waals surface area contributed by atoms with Crippen molar-refractivity contribution >= 4 is 39.7 Å². The molecule has 0 saturated carbocycles. The number of methoxy groups -OCH3 is 1. The number of hydrogen-bond donors (Lipinski definition) is 2. The minimum Gasteiger partial charge on any atom is -0.437 e. The lowest BCUT2D eigenvalue weighted by atomic mass is 9.94. The molecule has 0 unspecified atom stereocenters. The first-order valence-corrected chi connectivity index (χ1v) is 15.3. The van der Waals surface area contributed by atoms with Crippen LogP contribution < -0.4 is 5.32 Å². The smallest absolute Gasteiger partial charge is 0.332 e. The zero-order chi connectivity index (χ0) is 30.3. The average Bonchev–Trinajstić information content (AvgIpc) is 3.29. The van der Waals surface area contributed by atoms with Crippen molar-refractivity contribution in [2.24, 2.45) is 0 Å². The molecule has 0 aliphatic carbocycles. The van der Waals surface area contributed by atoms with E-state index in [2.05, 4.69) is 5.32 Å². The number of ether oxygens (including phenoxy) is 2. The standard InChI is InChI=1S/C21H27N3O5S.C7H8O3S/c1-20(2)15(19(27)29-11-28-5)23-17(26)14(18(23)30-20)24-16(25)13(22-21(24,3)4)12-9-7-6-8-10-12;1-6-2-4-7(5-3-6)11(8,9)10/h6-10,13-15,18,22H,11H2,1-5H3;2-5H,1H3,(H,8,9,10)/t13-,14-,15+,18-;/m1./s1. The van der Waals surface area contributed by atoms with Gasteiger partial charge in [0.05, 0.1) is 10.6 Å². The number of benzene rings is 2. The molecule has 2 aromatic carbocycles.